The molecule has 0 atom stereocenters. The minimum Gasteiger partial charge on any atom is -0.294 e. The number of carbonyl (C=O) groups is 1. The number of hydrogen-bond acceptors (Lipinski definition) is 1. The van der Waals surface area contributed by atoms with E-state index in [1.807, 2.05) is 0 Å². The molecule has 2 rings (SSSR count). The summed E-state index contributed by atoms with van der Waals surface area (Å²) in [6.07, 6.45) is 0.247. The van der Waals surface area contributed by atoms with E-state index in [0.29, 0.717) is 10.6 Å². The van der Waals surface area contributed by atoms with Crippen LogP contribution >= 0.6 is 34.2 Å². The molecule has 0 aliphatic rings. The van der Waals surface area contributed by atoms with Crippen molar-refractivity contribution in [3.05, 3.63) is 68.0 Å². The van der Waals surface area contributed by atoms with E-state index in [0.717, 1.165) is 9.13 Å². The van der Waals surface area contributed by atoms with Crippen molar-refractivity contribution >= 4 is 40.0 Å². The second-order valence-corrected chi connectivity index (χ2v) is 5.45. The topological polar surface area (TPSA) is 17.1 Å². The first-order valence-electron chi connectivity index (χ1n) is 5.29. The zero-order valence-electron chi connectivity index (χ0n) is 9.29. The Morgan fingerprint density at radius 3 is 2.50 bits per heavy atom. The molecule has 4 heteroatoms. The van der Waals surface area contributed by atoms with Crippen LogP contribution in [0.2, 0.25) is 5.02 Å². The maximum atomic E-state index is 12.8. The second-order valence-electron chi connectivity index (χ2n) is 3.85. The maximum Gasteiger partial charge on any atom is 0.168 e. The molecule has 0 radical (unpaired) electrons. The molecule has 1 nitrogen and oxygen atoms in total. The smallest absolute Gasteiger partial charge is 0.168 e. The Kier molecular flexibility index (Phi) is 4.35. The molecule has 0 aromatic heterocycles. The predicted molar refractivity (Wildman–Crippen MR) is 78.6 cm³/mol. The van der Waals surface area contributed by atoms with E-state index in [4.69, 9.17) is 11.6 Å². The van der Waals surface area contributed by atoms with Crippen LogP contribution in [0.4, 0.5) is 4.39 Å². The summed E-state index contributed by atoms with van der Waals surface area (Å²) in [4.78, 5) is 12.1. The van der Waals surface area contributed by atoms with Gasteiger partial charge in [0, 0.05) is 20.6 Å². The van der Waals surface area contributed by atoms with Crippen molar-refractivity contribution in [1.29, 1.82) is 0 Å². The SMILES string of the molecule is O=C(Cc1ccc(F)cc1)c1cc(Cl)ccc1I. The summed E-state index contributed by atoms with van der Waals surface area (Å²) in [5, 5.41) is 0.540. The Bertz CT molecular complexity index is 581. The summed E-state index contributed by atoms with van der Waals surface area (Å²) in [5.74, 6) is -0.322. The minimum atomic E-state index is -0.302. The maximum absolute atomic E-state index is 12.8. The van der Waals surface area contributed by atoms with E-state index in [1.165, 1.54) is 12.1 Å². The minimum absolute atomic E-state index is 0.0199. The first-order valence-corrected chi connectivity index (χ1v) is 6.74. The van der Waals surface area contributed by atoms with Crippen molar-refractivity contribution in [2.45, 2.75) is 6.42 Å². The summed E-state index contributed by atoms with van der Waals surface area (Å²) in [6.45, 7) is 0. The standard InChI is InChI=1S/C14H9ClFIO/c15-10-3-6-13(17)12(8-10)14(18)7-9-1-4-11(16)5-2-9/h1-6,8H,7H2. The zero-order valence-corrected chi connectivity index (χ0v) is 12.2. The molecule has 0 aliphatic carbocycles. The lowest BCUT2D eigenvalue weighted by Gasteiger charge is -2.05. The molecular weight excluding hydrogens is 366 g/mol. The molecular formula is C14H9ClFIO. The molecule has 0 fully saturated rings. The molecule has 0 bridgehead atoms. The van der Waals surface area contributed by atoms with Crippen LogP contribution in [0, 0.1) is 9.39 Å². The van der Waals surface area contributed by atoms with Crippen molar-refractivity contribution in [3.63, 3.8) is 0 Å². The van der Waals surface area contributed by atoms with Gasteiger partial charge in [0.05, 0.1) is 0 Å². The van der Waals surface area contributed by atoms with Gasteiger partial charge in [0.2, 0.25) is 0 Å². The van der Waals surface area contributed by atoms with Crippen molar-refractivity contribution in [2.75, 3.05) is 0 Å². The fourth-order valence-corrected chi connectivity index (χ4v) is 2.40. The fraction of sp³-hybridized carbons (Fsp3) is 0.0714. The lowest BCUT2D eigenvalue weighted by atomic mass is 10.0. The van der Waals surface area contributed by atoms with Gasteiger partial charge in [-0.3, -0.25) is 4.79 Å². The van der Waals surface area contributed by atoms with Crippen molar-refractivity contribution in [1.82, 2.24) is 0 Å². The van der Waals surface area contributed by atoms with Crippen LogP contribution in [0.15, 0.2) is 42.5 Å². The Balaban J connectivity index is 2.21. The van der Waals surface area contributed by atoms with Gasteiger partial charge in [-0.1, -0.05) is 23.7 Å². The summed E-state index contributed by atoms with van der Waals surface area (Å²) < 4.78 is 13.6. The molecule has 2 aromatic rings. The zero-order chi connectivity index (χ0) is 13.1. The highest BCUT2D eigenvalue weighted by Crippen LogP contribution is 2.20. The molecule has 0 saturated heterocycles. The molecule has 0 N–H and O–H groups in total. The number of Topliss-reactive ketones (excluding diaryl/α,β-unsaturated/α-hetero) is 1. The van der Waals surface area contributed by atoms with Gasteiger partial charge in [-0.05, 0) is 58.5 Å². The lowest BCUT2D eigenvalue weighted by Crippen LogP contribution is -2.05. The molecule has 18 heavy (non-hydrogen) atoms. The monoisotopic (exact) mass is 374 g/mol. The number of hydrogen-bond donors (Lipinski definition) is 0. The van der Waals surface area contributed by atoms with E-state index in [9.17, 15) is 9.18 Å². The van der Waals surface area contributed by atoms with E-state index in [-0.39, 0.29) is 18.0 Å². The second kappa shape index (κ2) is 5.80. The van der Waals surface area contributed by atoms with Crippen LogP contribution in [0.5, 0.6) is 0 Å². The molecule has 0 amide bonds. The highest BCUT2D eigenvalue weighted by atomic mass is 127. The van der Waals surface area contributed by atoms with Crippen molar-refractivity contribution in [2.24, 2.45) is 0 Å². The van der Waals surface area contributed by atoms with Gasteiger partial charge in [0.1, 0.15) is 5.82 Å². The van der Waals surface area contributed by atoms with Gasteiger partial charge in [0.25, 0.3) is 0 Å². The van der Waals surface area contributed by atoms with Gasteiger partial charge in [-0.2, -0.15) is 0 Å². The van der Waals surface area contributed by atoms with Crippen molar-refractivity contribution in [3.8, 4) is 0 Å². The van der Waals surface area contributed by atoms with Crippen LogP contribution in [-0.2, 0) is 6.42 Å². The van der Waals surface area contributed by atoms with Crippen LogP contribution < -0.4 is 0 Å². The molecule has 0 saturated carbocycles. The Labute approximate surface area is 123 Å². The molecule has 2 aromatic carbocycles. The number of benzene rings is 2. The molecule has 0 aliphatic heterocycles. The highest BCUT2D eigenvalue weighted by Gasteiger charge is 2.11. The summed E-state index contributed by atoms with van der Waals surface area (Å²) in [5.41, 5.74) is 1.39. The van der Waals surface area contributed by atoms with Crippen LogP contribution in [0.1, 0.15) is 15.9 Å². The normalized spacial score (nSPS) is 10.4. The number of carbonyl (C=O) groups excluding carboxylic acids is 1. The van der Waals surface area contributed by atoms with E-state index < -0.39 is 0 Å². The molecule has 0 unspecified atom stereocenters. The summed E-state index contributed by atoms with van der Waals surface area (Å²) in [6, 6.07) is 11.2. The summed E-state index contributed by atoms with van der Waals surface area (Å²) in [7, 11) is 0. The van der Waals surface area contributed by atoms with Crippen LogP contribution in [0.25, 0.3) is 0 Å². The van der Waals surface area contributed by atoms with Gasteiger partial charge in [0.15, 0.2) is 5.78 Å². The average molecular weight is 375 g/mol. The first-order chi connectivity index (χ1) is 8.56. The third-order valence-corrected chi connectivity index (χ3v) is 3.68. The number of halogens is 3. The first kappa shape index (κ1) is 13.5. The molecule has 92 valence electrons. The van der Waals surface area contributed by atoms with Gasteiger partial charge in [-0.25, -0.2) is 4.39 Å². The molecule has 0 heterocycles. The van der Waals surface area contributed by atoms with Gasteiger partial charge in [-0.15, -0.1) is 0 Å². The highest BCUT2D eigenvalue weighted by molar-refractivity contribution is 14.1. The molecule has 0 spiro atoms. The Morgan fingerprint density at radius 2 is 1.83 bits per heavy atom. The quantitative estimate of drug-likeness (QED) is 0.571. The predicted octanol–water partition coefficient (Wildman–Crippen LogP) is 4.51. The fourth-order valence-electron chi connectivity index (χ4n) is 1.59. The Hall–Kier alpha value is -0.940. The van der Waals surface area contributed by atoms with E-state index in [2.05, 4.69) is 22.6 Å². The number of rotatable bonds is 3. The average Bonchev–Trinajstić information content (AvgIpc) is 2.35. The van der Waals surface area contributed by atoms with E-state index >= 15 is 0 Å². The largest absolute Gasteiger partial charge is 0.294 e. The van der Waals surface area contributed by atoms with Crippen molar-refractivity contribution < 1.29 is 9.18 Å². The third-order valence-electron chi connectivity index (χ3n) is 2.51. The van der Waals surface area contributed by atoms with Crippen LogP contribution in [0.3, 0.4) is 0 Å². The Morgan fingerprint density at radius 1 is 1.17 bits per heavy atom. The van der Waals surface area contributed by atoms with E-state index in [1.54, 1.807) is 30.3 Å². The summed E-state index contributed by atoms with van der Waals surface area (Å²) >= 11 is 7.98. The van der Waals surface area contributed by atoms with Crippen LogP contribution in [-0.4, -0.2) is 5.78 Å². The number of ketones is 1. The lowest BCUT2D eigenvalue weighted by molar-refractivity contribution is 0.0992. The third kappa shape index (κ3) is 3.29. The van der Waals surface area contributed by atoms with Gasteiger partial charge < -0.3 is 0 Å². The van der Waals surface area contributed by atoms with Gasteiger partial charge >= 0.3 is 0 Å².